The average Bonchev–Trinajstić information content (AvgIpc) is 2.09. The minimum Gasteiger partial charge on any atom is -0.375 e. The van der Waals surface area contributed by atoms with Crippen molar-refractivity contribution < 1.29 is 4.74 Å². The zero-order chi connectivity index (χ0) is 8.70. The van der Waals surface area contributed by atoms with E-state index in [-0.39, 0.29) is 5.60 Å². The highest BCUT2D eigenvalue weighted by Crippen LogP contribution is 2.48. The molecule has 1 atom stereocenters. The summed E-state index contributed by atoms with van der Waals surface area (Å²) >= 11 is 0. The summed E-state index contributed by atoms with van der Waals surface area (Å²) in [5, 5.41) is 0. The molecule has 1 aliphatic rings. The Labute approximate surface area is 70.1 Å². The molecule has 1 unspecified atom stereocenters. The minimum atomic E-state index is 0.0706. The fourth-order valence-electron chi connectivity index (χ4n) is 1.97. The van der Waals surface area contributed by atoms with Crippen LogP contribution in [0.2, 0.25) is 0 Å². The van der Waals surface area contributed by atoms with Crippen LogP contribution in [0, 0.1) is 11.3 Å². The largest absolute Gasteiger partial charge is 0.375 e. The lowest BCUT2D eigenvalue weighted by Gasteiger charge is -2.40. The maximum atomic E-state index is 5.72. The third-order valence-corrected chi connectivity index (χ3v) is 3.73. The Kier molecular flexibility index (Phi) is 2.04. The van der Waals surface area contributed by atoms with Crippen molar-refractivity contribution in [3.05, 3.63) is 0 Å². The van der Waals surface area contributed by atoms with Gasteiger partial charge in [0, 0.05) is 12.0 Å². The molecular formula is C10H20O. The Morgan fingerprint density at radius 1 is 1.18 bits per heavy atom. The summed E-state index contributed by atoms with van der Waals surface area (Å²) in [4.78, 5) is 0. The highest BCUT2D eigenvalue weighted by atomic mass is 16.5. The van der Waals surface area contributed by atoms with Gasteiger partial charge in [-0.15, -0.1) is 0 Å². The second kappa shape index (κ2) is 2.48. The fourth-order valence-corrected chi connectivity index (χ4v) is 1.97. The van der Waals surface area contributed by atoms with Crippen molar-refractivity contribution in [2.24, 2.45) is 11.3 Å². The summed E-state index contributed by atoms with van der Waals surface area (Å²) in [5.74, 6) is 0.708. The molecule has 0 aromatic carbocycles. The second-order valence-electron chi connectivity index (χ2n) is 4.68. The maximum Gasteiger partial charge on any atom is 0.0683 e. The first-order chi connectivity index (χ1) is 4.90. The number of ether oxygens (including phenoxy) is 1. The van der Waals surface area contributed by atoms with Gasteiger partial charge in [-0.1, -0.05) is 20.8 Å². The van der Waals surface area contributed by atoms with Gasteiger partial charge in [-0.25, -0.2) is 0 Å². The summed E-state index contributed by atoms with van der Waals surface area (Å²) in [6.07, 6.45) is 1.21. The molecular weight excluding hydrogens is 136 g/mol. The van der Waals surface area contributed by atoms with E-state index in [1.807, 2.05) is 0 Å². The van der Waals surface area contributed by atoms with Gasteiger partial charge in [0.15, 0.2) is 0 Å². The van der Waals surface area contributed by atoms with Crippen molar-refractivity contribution in [3.8, 4) is 0 Å². The summed E-state index contributed by atoms with van der Waals surface area (Å²) < 4.78 is 5.72. The highest BCUT2D eigenvalue weighted by Gasteiger charge is 2.48. The Bertz CT molecular complexity index is 149. The Morgan fingerprint density at radius 2 is 1.73 bits per heavy atom. The van der Waals surface area contributed by atoms with E-state index in [0.717, 1.165) is 6.61 Å². The molecule has 0 saturated carbocycles. The van der Waals surface area contributed by atoms with Crippen LogP contribution in [0.25, 0.3) is 0 Å². The third-order valence-electron chi connectivity index (χ3n) is 3.73. The van der Waals surface area contributed by atoms with E-state index in [2.05, 4.69) is 34.6 Å². The minimum absolute atomic E-state index is 0.0706. The molecule has 0 N–H and O–H groups in total. The van der Waals surface area contributed by atoms with Gasteiger partial charge in [-0.3, -0.25) is 0 Å². The second-order valence-corrected chi connectivity index (χ2v) is 4.68. The van der Waals surface area contributed by atoms with Gasteiger partial charge in [0.2, 0.25) is 0 Å². The molecule has 1 saturated heterocycles. The lowest BCUT2D eigenvalue weighted by Crippen LogP contribution is -2.41. The van der Waals surface area contributed by atoms with Crippen molar-refractivity contribution in [2.75, 3.05) is 6.61 Å². The smallest absolute Gasteiger partial charge is 0.0683 e. The van der Waals surface area contributed by atoms with Gasteiger partial charge in [-0.2, -0.15) is 0 Å². The van der Waals surface area contributed by atoms with E-state index in [1.54, 1.807) is 0 Å². The molecule has 1 heterocycles. The molecule has 1 aliphatic heterocycles. The van der Waals surface area contributed by atoms with Crippen LogP contribution in [0.5, 0.6) is 0 Å². The highest BCUT2D eigenvalue weighted by molar-refractivity contribution is 4.97. The third kappa shape index (κ3) is 1.20. The van der Waals surface area contributed by atoms with Crippen LogP contribution in [0.15, 0.2) is 0 Å². The van der Waals surface area contributed by atoms with Crippen LogP contribution >= 0.6 is 0 Å². The van der Waals surface area contributed by atoms with Gasteiger partial charge >= 0.3 is 0 Å². The SMILES string of the molecule is CC(C)C1(C)CCOC1(C)C. The summed E-state index contributed by atoms with van der Waals surface area (Å²) in [5.41, 5.74) is 0.439. The molecule has 1 heteroatoms. The van der Waals surface area contributed by atoms with E-state index >= 15 is 0 Å². The van der Waals surface area contributed by atoms with E-state index in [9.17, 15) is 0 Å². The lowest BCUT2D eigenvalue weighted by molar-refractivity contribution is -0.0447. The van der Waals surface area contributed by atoms with Crippen LogP contribution in [0.4, 0.5) is 0 Å². The molecule has 66 valence electrons. The average molecular weight is 156 g/mol. The summed E-state index contributed by atoms with van der Waals surface area (Å²) in [6, 6.07) is 0. The predicted octanol–water partition coefficient (Wildman–Crippen LogP) is 2.85. The van der Waals surface area contributed by atoms with Crippen molar-refractivity contribution in [1.82, 2.24) is 0 Å². The van der Waals surface area contributed by atoms with Crippen LogP contribution in [-0.2, 0) is 4.74 Å². The molecule has 11 heavy (non-hydrogen) atoms. The molecule has 0 spiro atoms. The van der Waals surface area contributed by atoms with E-state index < -0.39 is 0 Å². The fraction of sp³-hybridized carbons (Fsp3) is 1.00. The van der Waals surface area contributed by atoms with E-state index in [0.29, 0.717) is 11.3 Å². The van der Waals surface area contributed by atoms with Crippen LogP contribution in [0.1, 0.15) is 41.0 Å². The Balaban J connectivity index is 2.84. The Hall–Kier alpha value is -0.0400. The van der Waals surface area contributed by atoms with Crippen molar-refractivity contribution in [2.45, 2.75) is 46.6 Å². The molecule has 1 nitrogen and oxygen atoms in total. The van der Waals surface area contributed by atoms with Crippen LogP contribution in [-0.4, -0.2) is 12.2 Å². The van der Waals surface area contributed by atoms with Crippen LogP contribution < -0.4 is 0 Å². The van der Waals surface area contributed by atoms with E-state index in [4.69, 9.17) is 4.74 Å². The number of hydrogen-bond donors (Lipinski definition) is 0. The van der Waals surface area contributed by atoms with Crippen LogP contribution in [0.3, 0.4) is 0 Å². The summed E-state index contributed by atoms with van der Waals surface area (Å²) in [6.45, 7) is 12.3. The topological polar surface area (TPSA) is 9.23 Å². The lowest BCUT2D eigenvalue weighted by atomic mass is 9.67. The molecule has 0 bridgehead atoms. The zero-order valence-electron chi connectivity index (χ0n) is 8.40. The molecule has 1 fully saturated rings. The van der Waals surface area contributed by atoms with E-state index in [1.165, 1.54) is 6.42 Å². The Morgan fingerprint density at radius 3 is 1.91 bits per heavy atom. The molecule has 0 radical (unpaired) electrons. The first kappa shape index (κ1) is 9.05. The zero-order valence-corrected chi connectivity index (χ0v) is 8.40. The first-order valence-electron chi connectivity index (χ1n) is 4.54. The van der Waals surface area contributed by atoms with Gasteiger partial charge < -0.3 is 4.74 Å². The number of rotatable bonds is 1. The van der Waals surface area contributed by atoms with Crippen molar-refractivity contribution >= 4 is 0 Å². The maximum absolute atomic E-state index is 5.72. The predicted molar refractivity (Wildman–Crippen MR) is 47.6 cm³/mol. The van der Waals surface area contributed by atoms with Crippen molar-refractivity contribution in [1.29, 1.82) is 0 Å². The van der Waals surface area contributed by atoms with Gasteiger partial charge in [-0.05, 0) is 26.2 Å². The van der Waals surface area contributed by atoms with Gasteiger partial charge in [0.25, 0.3) is 0 Å². The van der Waals surface area contributed by atoms with Gasteiger partial charge in [0.05, 0.1) is 5.60 Å². The monoisotopic (exact) mass is 156 g/mol. The standard InChI is InChI=1S/C10H20O/c1-8(2)10(5)6-7-11-9(10,3)4/h8H,6-7H2,1-5H3. The molecule has 0 aromatic heterocycles. The molecule has 0 aromatic rings. The first-order valence-corrected chi connectivity index (χ1v) is 4.54. The molecule has 0 amide bonds. The molecule has 0 aliphatic carbocycles. The molecule has 1 rings (SSSR count). The quantitative estimate of drug-likeness (QED) is 0.567. The summed E-state index contributed by atoms with van der Waals surface area (Å²) in [7, 11) is 0. The van der Waals surface area contributed by atoms with Gasteiger partial charge in [0.1, 0.15) is 0 Å². The number of hydrogen-bond acceptors (Lipinski definition) is 1. The van der Waals surface area contributed by atoms with Crippen molar-refractivity contribution in [3.63, 3.8) is 0 Å². The normalized spacial score (nSPS) is 36.5.